The summed E-state index contributed by atoms with van der Waals surface area (Å²) in [6.07, 6.45) is 5.23. The summed E-state index contributed by atoms with van der Waals surface area (Å²) in [6.45, 7) is 6.45. The molecule has 0 aliphatic carbocycles. The number of anilines is 2. The van der Waals surface area contributed by atoms with Crippen LogP contribution in [-0.2, 0) is 0 Å². The number of hydrogen-bond acceptors (Lipinski definition) is 5. The molecule has 1 aliphatic heterocycles. The maximum absolute atomic E-state index is 4.54. The van der Waals surface area contributed by atoms with Gasteiger partial charge in [-0.2, -0.15) is 9.36 Å². The number of rotatable bonds is 3. The van der Waals surface area contributed by atoms with Gasteiger partial charge in [-0.15, -0.1) is 0 Å². The van der Waals surface area contributed by atoms with E-state index in [1.54, 1.807) is 0 Å². The largest absolute Gasteiger partial charge is 0.358 e. The molecule has 1 N–H and O–H groups in total. The van der Waals surface area contributed by atoms with Crippen molar-refractivity contribution in [2.45, 2.75) is 45.6 Å². The molecule has 0 radical (unpaired) electrons. The highest BCUT2D eigenvalue weighted by molar-refractivity contribution is 7.09. The van der Waals surface area contributed by atoms with Crippen LogP contribution in [0.15, 0.2) is 0 Å². The average Bonchev–Trinajstić information content (AvgIpc) is 2.53. The summed E-state index contributed by atoms with van der Waals surface area (Å²) in [5.41, 5.74) is 0. The second-order valence-corrected chi connectivity index (χ2v) is 5.35. The highest BCUT2D eigenvalue weighted by Gasteiger charge is 2.14. The molecule has 0 amide bonds. The first-order valence-electron chi connectivity index (χ1n) is 6.11. The fourth-order valence-corrected chi connectivity index (χ4v) is 2.66. The van der Waals surface area contributed by atoms with Crippen LogP contribution in [0.25, 0.3) is 0 Å². The molecular weight excluding hydrogens is 220 g/mol. The summed E-state index contributed by atoms with van der Waals surface area (Å²) in [6, 6.07) is 0.421. The second-order valence-electron chi connectivity index (χ2n) is 4.60. The SMILES string of the molecule is CC(C)Nc1nc(N2CCCCCC2)ns1. The lowest BCUT2D eigenvalue weighted by atomic mass is 10.2. The van der Waals surface area contributed by atoms with Crippen LogP contribution < -0.4 is 10.2 Å². The van der Waals surface area contributed by atoms with Crippen LogP contribution in [-0.4, -0.2) is 28.5 Å². The van der Waals surface area contributed by atoms with E-state index in [0.717, 1.165) is 24.2 Å². The maximum Gasteiger partial charge on any atom is 0.239 e. The second kappa shape index (κ2) is 5.48. The zero-order valence-corrected chi connectivity index (χ0v) is 10.9. The molecule has 0 spiro atoms. The molecule has 1 aliphatic rings. The topological polar surface area (TPSA) is 41.1 Å². The highest BCUT2D eigenvalue weighted by Crippen LogP contribution is 2.21. The Labute approximate surface area is 101 Å². The van der Waals surface area contributed by atoms with Gasteiger partial charge in [0.1, 0.15) is 0 Å². The molecule has 90 valence electrons. The van der Waals surface area contributed by atoms with Crippen LogP contribution in [0.2, 0.25) is 0 Å². The van der Waals surface area contributed by atoms with Crippen molar-refractivity contribution in [3.05, 3.63) is 0 Å². The first-order valence-corrected chi connectivity index (χ1v) is 6.88. The van der Waals surface area contributed by atoms with E-state index in [-0.39, 0.29) is 0 Å². The molecule has 1 fully saturated rings. The molecule has 0 aromatic carbocycles. The van der Waals surface area contributed by atoms with Crippen molar-refractivity contribution in [2.24, 2.45) is 0 Å². The van der Waals surface area contributed by atoms with Gasteiger partial charge in [0.15, 0.2) is 0 Å². The van der Waals surface area contributed by atoms with Crippen LogP contribution in [0.3, 0.4) is 0 Å². The number of nitrogens with one attached hydrogen (secondary N) is 1. The van der Waals surface area contributed by atoms with Gasteiger partial charge in [-0.1, -0.05) is 12.8 Å². The minimum Gasteiger partial charge on any atom is -0.358 e. The molecule has 16 heavy (non-hydrogen) atoms. The van der Waals surface area contributed by atoms with Crippen molar-refractivity contribution in [3.63, 3.8) is 0 Å². The molecule has 0 bridgehead atoms. The third-order valence-electron chi connectivity index (χ3n) is 2.72. The van der Waals surface area contributed by atoms with Crippen LogP contribution in [0.1, 0.15) is 39.5 Å². The molecule has 1 aromatic rings. The third kappa shape index (κ3) is 3.07. The van der Waals surface area contributed by atoms with Gasteiger partial charge >= 0.3 is 0 Å². The van der Waals surface area contributed by atoms with Gasteiger partial charge in [-0.05, 0) is 26.7 Å². The van der Waals surface area contributed by atoms with E-state index in [4.69, 9.17) is 0 Å². The predicted octanol–water partition coefficient (Wildman–Crippen LogP) is 2.74. The van der Waals surface area contributed by atoms with Crippen LogP contribution >= 0.6 is 11.5 Å². The average molecular weight is 240 g/mol. The number of aromatic nitrogens is 2. The molecule has 0 atom stereocenters. The highest BCUT2D eigenvalue weighted by atomic mass is 32.1. The van der Waals surface area contributed by atoms with Gasteiger partial charge in [0.25, 0.3) is 0 Å². The maximum atomic E-state index is 4.54. The van der Waals surface area contributed by atoms with Crippen LogP contribution in [0.5, 0.6) is 0 Å². The minimum atomic E-state index is 0.421. The molecule has 1 saturated heterocycles. The first kappa shape index (κ1) is 11.6. The van der Waals surface area contributed by atoms with Crippen molar-refractivity contribution < 1.29 is 0 Å². The summed E-state index contributed by atoms with van der Waals surface area (Å²) in [7, 11) is 0. The van der Waals surface area contributed by atoms with E-state index < -0.39 is 0 Å². The number of nitrogens with zero attached hydrogens (tertiary/aromatic N) is 3. The Morgan fingerprint density at radius 1 is 1.19 bits per heavy atom. The van der Waals surface area contributed by atoms with Gasteiger partial charge in [-0.25, -0.2) is 0 Å². The molecule has 2 heterocycles. The summed E-state index contributed by atoms with van der Waals surface area (Å²) in [5.74, 6) is 0.912. The molecule has 2 rings (SSSR count). The Balaban J connectivity index is 1.99. The van der Waals surface area contributed by atoms with Gasteiger partial charge in [0.05, 0.1) is 0 Å². The Kier molecular flexibility index (Phi) is 3.98. The van der Waals surface area contributed by atoms with E-state index >= 15 is 0 Å². The molecule has 0 saturated carbocycles. The van der Waals surface area contributed by atoms with Crippen molar-refractivity contribution in [1.82, 2.24) is 9.36 Å². The van der Waals surface area contributed by atoms with Gasteiger partial charge in [0, 0.05) is 30.7 Å². The smallest absolute Gasteiger partial charge is 0.239 e. The summed E-state index contributed by atoms with van der Waals surface area (Å²) in [4.78, 5) is 6.85. The van der Waals surface area contributed by atoms with E-state index in [1.807, 2.05) is 0 Å². The first-order chi connectivity index (χ1) is 7.75. The number of hydrogen-bond donors (Lipinski definition) is 1. The standard InChI is InChI=1S/C11H20N4S/c1-9(2)12-11-13-10(14-16-11)15-7-5-3-4-6-8-15/h9H,3-8H2,1-2H3,(H,12,13,14). The monoisotopic (exact) mass is 240 g/mol. The zero-order chi connectivity index (χ0) is 11.4. The summed E-state index contributed by atoms with van der Waals surface area (Å²) in [5, 5.41) is 4.24. The van der Waals surface area contributed by atoms with Crippen molar-refractivity contribution >= 4 is 22.6 Å². The van der Waals surface area contributed by atoms with E-state index in [2.05, 4.69) is 33.4 Å². The lowest BCUT2D eigenvalue weighted by molar-refractivity contribution is 0.726. The molecular formula is C11H20N4S. The molecule has 4 nitrogen and oxygen atoms in total. The lowest BCUT2D eigenvalue weighted by Gasteiger charge is -2.17. The lowest BCUT2D eigenvalue weighted by Crippen LogP contribution is -2.25. The Hall–Kier alpha value is -0.840. The fourth-order valence-electron chi connectivity index (χ4n) is 1.92. The zero-order valence-electron chi connectivity index (χ0n) is 10.1. The molecule has 5 heteroatoms. The molecule has 0 unspecified atom stereocenters. The van der Waals surface area contributed by atoms with Gasteiger partial charge < -0.3 is 10.2 Å². The van der Waals surface area contributed by atoms with Crippen LogP contribution in [0, 0.1) is 0 Å². The van der Waals surface area contributed by atoms with Gasteiger partial charge in [-0.3, -0.25) is 0 Å². The van der Waals surface area contributed by atoms with Crippen molar-refractivity contribution in [3.8, 4) is 0 Å². The van der Waals surface area contributed by atoms with E-state index in [1.165, 1.54) is 37.2 Å². The summed E-state index contributed by atoms with van der Waals surface area (Å²) < 4.78 is 4.43. The van der Waals surface area contributed by atoms with Crippen molar-refractivity contribution in [1.29, 1.82) is 0 Å². The Morgan fingerprint density at radius 3 is 2.50 bits per heavy atom. The fraction of sp³-hybridized carbons (Fsp3) is 0.818. The van der Waals surface area contributed by atoms with Crippen LogP contribution in [0.4, 0.5) is 11.1 Å². The summed E-state index contributed by atoms with van der Waals surface area (Å²) >= 11 is 1.46. The normalized spacial score (nSPS) is 17.6. The Bertz CT molecular complexity index is 316. The van der Waals surface area contributed by atoms with E-state index in [9.17, 15) is 0 Å². The van der Waals surface area contributed by atoms with Gasteiger partial charge in [0.2, 0.25) is 11.1 Å². The molecule has 1 aromatic heterocycles. The Morgan fingerprint density at radius 2 is 1.88 bits per heavy atom. The van der Waals surface area contributed by atoms with Crippen molar-refractivity contribution in [2.75, 3.05) is 23.3 Å². The predicted molar refractivity (Wildman–Crippen MR) is 69.3 cm³/mol. The quantitative estimate of drug-likeness (QED) is 0.882. The minimum absolute atomic E-state index is 0.421. The third-order valence-corrected chi connectivity index (χ3v) is 3.35. The van der Waals surface area contributed by atoms with E-state index in [0.29, 0.717) is 6.04 Å².